The van der Waals surface area contributed by atoms with Gasteiger partial charge in [-0.05, 0) is 36.2 Å². The molecule has 1 atom stereocenters. The van der Waals surface area contributed by atoms with Crippen molar-refractivity contribution < 1.29 is 8.78 Å². The van der Waals surface area contributed by atoms with Gasteiger partial charge in [0.1, 0.15) is 11.6 Å². The highest BCUT2D eigenvalue weighted by molar-refractivity contribution is 5.59. The lowest BCUT2D eigenvalue weighted by Gasteiger charge is -2.30. The third kappa shape index (κ3) is 2.16. The monoisotopic (exact) mass is 274 g/mol. The van der Waals surface area contributed by atoms with Gasteiger partial charge in [-0.2, -0.15) is 0 Å². The third-order valence-electron chi connectivity index (χ3n) is 3.84. The largest absolute Gasteiger partial charge is 0.363 e. The Morgan fingerprint density at radius 2 is 1.95 bits per heavy atom. The van der Waals surface area contributed by atoms with Gasteiger partial charge in [0, 0.05) is 24.3 Å². The Morgan fingerprint density at radius 1 is 1.15 bits per heavy atom. The second kappa shape index (κ2) is 5.21. The van der Waals surface area contributed by atoms with Crippen molar-refractivity contribution in [2.24, 2.45) is 5.73 Å². The van der Waals surface area contributed by atoms with Gasteiger partial charge in [0.2, 0.25) is 0 Å². The quantitative estimate of drug-likeness (QED) is 0.932. The molecular weight excluding hydrogens is 258 g/mol. The van der Waals surface area contributed by atoms with E-state index in [1.165, 1.54) is 11.6 Å². The average Bonchev–Trinajstić information content (AvgIpc) is 2.88. The molecule has 0 spiro atoms. The summed E-state index contributed by atoms with van der Waals surface area (Å²) in [5.74, 6) is -0.849. The zero-order valence-electron chi connectivity index (χ0n) is 11.0. The van der Waals surface area contributed by atoms with E-state index in [-0.39, 0.29) is 12.6 Å². The predicted octanol–water partition coefficient (Wildman–Crippen LogP) is 3.03. The van der Waals surface area contributed by atoms with Crippen molar-refractivity contribution in [2.45, 2.75) is 12.5 Å². The minimum Gasteiger partial charge on any atom is -0.363 e. The second-order valence-electron chi connectivity index (χ2n) is 4.99. The predicted molar refractivity (Wildman–Crippen MR) is 75.6 cm³/mol. The zero-order valence-corrected chi connectivity index (χ0v) is 11.0. The van der Waals surface area contributed by atoms with Gasteiger partial charge in [-0.25, -0.2) is 8.78 Å². The lowest BCUT2D eigenvalue weighted by atomic mass is 10.0. The topological polar surface area (TPSA) is 29.3 Å². The first-order chi connectivity index (χ1) is 9.70. The van der Waals surface area contributed by atoms with Crippen LogP contribution in [0.15, 0.2) is 42.5 Å². The third-order valence-corrected chi connectivity index (χ3v) is 3.84. The molecule has 2 aromatic rings. The van der Waals surface area contributed by atoms with Gasteiger partial charge in [0.05, 0.1) is 6.04 Å². The molecule has 0 aliphatic carbocycles. The summed E-state index contributed by atoms with van der Waals surface area (Å²) in [6.45, 7) is 1.02. The number of fused-ring (bicyclic) bond motifs is 1. The van der Waals surface area contributed by atoms with Gasteiger partial charge in [-0.15, -0.1) is 0 Å². The van der Waals surface area contributed by atoms with Gasteiger partial charge in [0.15, 0.2) is 0 Å². The molecule has 4 heteroatoms. The van der Waals surface area contributed by atoms with Crippen molar-refractivity contribution in [3.63, 3.8) is 0 Å². The van der Waals surface area contributed by atoms with Gasteiger partial charge in [-0.1, -0.05) is 18.2 Å². The van der Waals surface area contributed by atoms with Crippen LogP contribution in [0.1, 0.15) is 17.2 Å². The normalized spacial score (nSPS) is 15.2. The van der Waals surface area contributed by atoms with E-state index >= 15 is 0 Å². The minimum absolute atomic E-state index is 0.245. The molecule has 1 unspecified atom stereocenters. The molecule has 0 aromatic heterocycles. The maximum absolute atomic E-state index is 14.0. The van der Waals surface area contributed by atoms with Crippen molar-refractivity contribution in [3.05, 3.63) is 65.2 Å². The van der Waals surface area contributed by atoms with Gasteiger partial charge >= 0.3 is 0 Å². The molecule has 0 amide bonds. The summed E-state index contributed by atoms with van der Waals surface area (Å²) in [4.78, 5) is 2.06. The summed E-state index contributed by atoms with van der Waals surface area (Å²) in [6.07, 6.45) is 0.906. The summed E-state index contributed by atoms with van der Waals surface area (Å²) in [6, 6.07) is 11.2. The standard InChI is InChI=1S/C16H16F2N2/c17-12-5-6-14(18)13(9-12)16(10-19)20-8-7-11-3-1-2-4-15(11)20/h1-6,9,16H,7-8,10,19H2. The van der Waals surface area contributed by atoms with Crippen molar-refractivity contribution >= 4 is 5.69 Å². The number of halogens is 2. The summed E-state index contributed by atoms with van der Waals surface area (Å²) < 4.78 is 27.4. The Bertz CT molecular complexity index is 628. The Kier molecular flexibility index (Phi) is 3.40. The molecule has 0 bridgehead atoms. The van der Waals surface area contributed by atoms with Crippen LogP contribution in [0.2, 0.25) is 0 Å². The first kappa shape index (κ1) is 13.1. The number of nitrogens with two attached hydrogens (primary N) is 1. The van der Waals surface area contributed by atoms with Crippen LogP contribution in [-0.4, -0.2) is 13.1 Å². The van der Waals surface area contributed by atoms with Crippen LogP contribution in [0.3, 0.4) is 0 Å². The Balaban J connectivity index is 2.01. The van der Waals surface area contributed by atoms with E-state index in [4.69, 9.17) is 5.73 Å². The first-order valence-corrected chi connectivity index (χ1v) is 6.70. The molecule has 2 aromatic carbocycles. The van der Waals surface area contributed by atoms with E-state index < -0.39 is 11.6 Å². The Labute approximate surface area is 116 Å². The molecule has 1 heterocycles. The highest BCUT2D eigenvalue weighted by Gasteiger charge is 2.28. The highest BCUT2D eigenvalue weighted by atomic mass is 19.1. The summed E-state index contributed by atoms with van der Waals surface area (Å²) in [5, 5.41) is 0. The van der Waals surface area contributed by atoms with Gasteiger partial charge in [0.25, 0.3) is 0 Å². The van der Waals surface area contributed by atoms with E-state index in [1.807, 2.05) is 18.2 Å². The molecule has 20 heavy (non-hydrogen) atoms. The first-order valence-electron chi connectivity index (χ1n) is 6.70. The van der Waals surface area contributed by atoms with E-state index in [2.05, 4.69) is 11.0 Å². The lowest BCUT2D eigenvalue weighted by molar-refractivity contribution is 0.549. The smallest absolute Gasteiger partial charge is 0.128 e. The fourth-order valence-electron chi connectivity index (χ4n) is 2.88. The number of hydrogen-bond donors (Lipinski definition) is 1. The number of benzene rings is 2. The van der Waals surface area contributed by atoms with Gasteiger partial charge in [-0.3, -0.25) is 0 Å². The van der Waals surface area contributed by atoms with Gasteiger partial charge < -0.3 is 10.6 Å². The van der Waals surface area contributed by atoms with E-state index in [0.717, 1.165) is 30.8 Å². The van der Waals surface area contributed by atoms with E-state index in [0.29, 0.717) is 5.56 Å². The maximum Gasteiger partial charge on any atom is 0.128 e. The molecule has 2 N–H and O–H groups in total. The molecule has 0 radical (unpaired) electrons. The van der Waals surface area contributed by atoms with Crippen molar-refractivity contribution in [2.75, 3.05) is 18.0 Å². The molecule has 104 valence electrons. The second-order valence-corrected chi connectivity index (χ2v) is 4.99. The van der Waals surface area contributed by atoms with Crippen LogP contribution in [0.25, 0.3) is 0 Å². The number of para-hydroxylation sites is 1. The Morgan fingerprint density at radius 3 is 2.75 bits per heavy atom. The fourth-order valence-corrected chi connectivity index (χ4v) is 2.88. The molecule has 3 rings (SSSR count). The van der Waals surface area contributed by atoms with Crippen LogP contribution in [0.5, 0.6) is 0 Å². The molecular formula is C16H16F2N2. The summed E-state index contributed by atoms with van der Waals surface area (Å²) in [7, 11) is 0. The lowest BCUT2D eigenvalue weighted by Crippen LogP contribution is -2.33. The SMILES string of the molecule is NCC(c1cc(F)ccc1F)N1CCc2ccccc21. The van der Waals surface area contributed by atoms with Crippen LogP contribution in [0.4, 0.5) is 14.5 Å². The summed E-state index contributed by atoms with van der Waals surface area (Å²) >= 11 is 0. The molecule has 2 nitrogen and oxygen atoms in total. The van der Waals surface area contributed by atoms with Crippen LogP contribution >= 0.6 is 0 Å². The maximum atomic E-state index is 14.0. The minimum atomic E-state index is -0.438. The fraction of sp³-hybridized carbons (Fsp3) is 0.250. The molecule has 1 aliphatic rings. The number of rotatable bonds is 3. The van der Waals surface area contributed by atoms with E-state index in [1.54, 1.807) is 0 Å². The number of anilines is 1. The number of hydrogen-bond acceptors (Lipinski definition) is 2. The molecule has 1 aliphatic heterocycles. The molecule has 0 fully saturated rings. The van der Waals surface area contributed by atoms with Crippen LogP contribution in [-0.2, 0) is 6.42 Å². The molecule has 0 saturated heterocycles. The molecule has 0 saturated carbocycles. The van der Waals surface area contributed by atoms with Crippen molar-refractivity contribution in [3.8, 4) is 0 Å². The van der Waals surface area contributed by atoms with Crippen molar-refractivity contribution in [1.82, 2.24) is 0 Å². The Hall–Kier alpha value is -1.94. The zero-order chi connectivity index (χ0) is 14.1. The highest BCUT2D eigenvalue weighted by Crippen LogP contribution is 2.35. The summed E-state index contributed by atoms with van der Waals surface area (Å²) in [5.41, 5.74) is 8.44. The number of nitrogens with zero attached hydrogens (tertiary/aromatic N) is 1. The van der Waals surface area contributed by atoms with Crippen LogP contribution < -0.4 is 10.6 Å². The van der Waals surface area contributed by atoms with Crippen molar-refractivity contribution in [1.29, 1.82) is 0 Å². The average molecular weight is 274 g/mol. The van der Waals surface area contributed by atoms with Crippen LogP contribution in [0, 0.1) is 11.6 Å². The van der Waals surface area contributed by atoms with E-state index in [9.17, 15) is 8.78 Å².